The van der Waals surface area contributed by atoms with Gasteiger partial charge in [0, 0.05) is 31.5 Å². The molecule has 31 heavy (non-hydrogen) atoms. The fraction of sp³-hybridized carbons (Fsp3) is 0.720. The number of Topliss-reactive ketones (excluding diaryl/α,β-unsaturated/α-hetero) is 1. The van der Waals surface area contributed by atoms with Gasteiger partial charge in [0.1, 0.15) is 11.4 Å². The highest BCUT2D eigenvalue weighted by molar-refractivity contribution is 5.91. The lowest BCUT2D eigenvalue weighted by molar-refractivity contribution is -0.171. The van der Waals surface area contributed by atoms with Crippen molar-refractivity contribution in [2.45, 2.75) is 77.0 Å². The van der Waals surface area contributed by atoms with E-state index in [1.807, 2.05) is 31.2 Å². The summed E-state index contributed by atoms with van der Waals surface area (Å²) in [6.07, 6.45) is 3.52. The van der Waals surface area contributed by atoms with E-state index in [2.05, 4.69) is 6.92 Å². The molecule has 172 valence electrons. The Kier molecular flexibility index (Phi) is 6.73. The number of benzene rings is 1. The lowest BCUT2D eigenvalue weighted by Crippen LogP contribution is -2.57. The fourth-order valence-corrected chi connectivity index (χ4v) is 6.30. The third kappa shape index (κ3) is 4.04. The predicted molar refractivity (Wildman–Crippen MR) is 116 cm³/mol. The van der Waals surface area contributed by atoms with Crippen LogP contribution in [0.15, 0.2) is 24.3 Å². The third-order valence-electron chi connectivity index (χ3n) is 7.70. The van der Waals surface area contributed by atoms with Crippen molar-refractivity contribution in [2.75, 3.05) is 20.3 Å². The summed E-state index contributed by atoms with van der Waals surface area (Å²) in [7, 11) is 1.65. The highest BCUT2D eigenvalue weighted by Crippen LogP contribution is 2.64. The van der Waals surface area contributed by atoms with Gasteiger partial charge in [-0.1, -0.05) is 19.1 Å². The number of hydrogen-bond acceptors (Lipinski definition) is 6. The van der Waals surface area contributed by atoms with E-state index < -0.39 is 11.0 Å². The van der Waals surface area contributed by atoms with Crippen molar-refractivity contribution in [2.24, 2.45) is 17.3 Å². The van der Waals surface area contributed by atoms with Crippen LogP contribution < -0.4 is 4.74 Å². The van der Waals surface area contributed by atoms with Crippen LogP contribution >= 0.6 is 0 Å². The molecule has 4 rings (SSSR count). The topological polar surface area (TPSA) is 74.2 Å². The Morgan fingerprint density at radius 1 is 1.23 bits per heavy atom. The maximum Gasteiger partial charge on any atom is 0.165 e. The summed E-state index contributed by atoms with van der Waals surface area (Å²) in [5, 5.41) is 11.8. The smallest absolute Gasteiger partial charge is 0.165 e. The van der Waals surface area contributed by atoms with Gasteiger partial charge in [0.05, 0.1) is 19.8 Å². The number of aliphatic hydroxyl groups is 1. The van der Waals surface area contributed by atoms with E-state index in [4.69, 9.17) is 18.9 Å². The highest BCUT2D eigenvalue weighted by Gasteiger charge is 2.72. The summed E-state index contributed by atoms with van der Waals surface area (Å²) >= 11 is 0. The second-order valence-electron chi connectivity index (χ2n) is 9.52. The Labute approximate surface area is 185 Å². The Hall–Kier alpha value is -1.47. The molecule has 1 aromatic rings. The molecule has 1 saturated heterocycles. The van der Waals surface area contributed by atoms with E-state index in [9.17, 15) is 9.90 Å². The standard InChI is InChI=1S/C25H36O6/c1-4-30-23-15-24-19(12-17(2)13-22(24)31-23)14-21(26)25(24,27)10-5-11-29-16-18-6-8-20(28-3)9-7-18/h6-9,17,19,22-23,27H,4-5,10-16H2,1-3H3/t17?,19?,22?,23?,24?,25-/m0/s1. The molecule has 0 aromatic heterocycles. The first-order chi connectivity index (χ1) is 14.9. The zero-order chi connectivity index (χ0) is 22.1. The molecule has 1 N–H and O–H groups in total. The van der Waals surface area contributed by atoms with Crippen LogP contribution in [0.5, 0.6) is 5.75 Å². The maximum absolute atomic E-state index is 13.1. The number of methoxy groups -OCH3 is 1. The van der Waals surface area contributed by atoms with E-state index in [1.165, 1.54) is 0 Å². The molecule has 3 fully saturated rings. The molecule has 3 aliphatic rings. The molecule has 0 bridgehead atoms. The molecule has 6 nitrogen and oxygen atoms in total. The molecule has 6 atom stereocenters. The van der Waals surface area contributed by atoms with Crippen LogP contribution in [0.25, 0.3) is 0 Å². The van der Waals surface area contributed by atoms with Crippen LogP contribution in [-0.4, -0.2) is 49.2 Å². The number of ether oxygens (including phenoxy) is 4. The normalized spacial score (nSPS) is 37.0. The minimum atomic E-state index is -1.35. The minimum Gasteiger partial charge on any atom is -0.497 e. The van der Waals surface area contributed by atoms with Crippen LogP contribution in [0, 0.1) is 17.3 Å². The van der Waals surface area contributed by atoms with E-state index in [-0.39, 0.29) is 24.1 Å². The highest BCUT2D eigenvalue weighted by atomic mass is 16.7. The zero-order valence-electron chi connectivity index (χ0n) is 19.0. The van der Waals surface area contributed by atoms with Gasteiger partial charge in [0.15, 0.2) is 12.1 Å². The van der Waals surface area contributed by atoms with Gasteiger partial charge in [-0.3, -0.25) is 4.79 Å². The van der Waals surface area contributed by atoms with Crippen molar-refractivity contribution in [3.63, 3.8) is 0 Å². The van der Waals surface area contributed by atoms with Crippen LogP contribution in [0.4, 0.5) is 0 Å². The summed E-state index contributed by atoms with van der Waals surface area (Å²) in [5.41, 5.74) is -0.801. The van der Waals surface area contributed by atoms with Crippen molar-refractivity contribution in [1.82, 2.24) is 0 Å². The fourth-order valence-electron chi connectivity index (χ4n) is 6.30. The summed E-state index contributed by atoms with van der Waals surface area (Å²) in [6.45, 7) is 5.74. The monoisotopic (exact) mass is 432 g/mol. The van der Waals surface area contributed by atoms with Crippen molar-refractivity contribution in [3.8, 4) is 5.75 Å². The van der Waals surface area contributed by atoms with Crippen molar-refractivity contribution in [3.05, 3.63) is 29.8 Å². The average Bonchev–Trinajstić information content (AvgIpc) is 3.22. The van der Waals surface area contributed by atoms with Gasteiger partial charge in [0.25, 0.3) is 0 Å². The molecule has 1 aromatic carbocycles. The van der Waals surface area contributed by atoms with Crippen LogP contribution in [0.1, 0.15) is 57.9 Å². The Morgan fingerprint density at radius 2 is 2.00 bits per heavy atom. The predicted octanol–water partition coefficient (Wildman–Crippen LogP) is 3.88. The first-order valence-electron chi connectivity index (χ1n) is 11.7. The van der Waals surface area contributed by atoms with Gasteiger partial charge in [-0.15, -0.1) is 0 Å². The number of hydrogen-bond donors (Lipinski definition) is 1. The first-order valence-corrected chi connectivity index (χ1v) is 11.7. The van der Waals surface area contributed by atoms with Crippen LogP contribution in [0.2, 0.25) is 0 Å². The van der Waals surface area contributed by atoms with Crippen LogP contribution in [0.3, 0.4) is 0 Å². The second kappa shape index (κ2) is 9.18. The molecule has 6 heteroatoms. The van der Waals surface area contributed by atoms with Gasteiger partial charge in [-0.25, -0.2) is 0 Å². The maximum atomic E-state index is 13.1. The second-order valence-corrected chi connectivity index (χ2v) is 9.52. The van der Waals surface area contributed by atoms with Gasteiger partial charge in [-0.05, 0) is 62.1 Å². The lowest BCUT2D eigenvalue weighted by atomic mass is 9.57. The lowest BCUT2D eigenvalue weighted by Gasteiger charge is -2.49. The van der Waals surface area contributed by atoms with E-state index in [0.717, 1.165) is 24.2 Å². The summed E-state index contributed by atoms with van der Waals surface area (Å²) in [6, 6.07) is 7.79. The minimum absolute atomic E-state index is 0.0208. The molecular formula is C25H36O6. The molecular weight excluding hydrogens is 396 g/mol. The van der Waals surface area contributed by atoms with Gasteiger partial charge in [-0.2, -0.15) is 0 Å². The number of carbonyl (C=O) groups is 1. The average molecular weight is 433 g/mol. The van der Waals surface area contributed by atoms with Crippen molar-refractivity contribution in [1.29, 1.82) is 0 Å². The summed E-state index contributed by atoms with van der Waals surface area (Å²) in [4.78, 5) is 13.1. The Bertz CT molecular complexity index is 764. The number of ketones is 1. The Morgan fingerprint density at radius 3 is 2.71 bits per heavy atom. The van der Waals surface area contributed by atoms with E-state index >= 15 is 0 Å². The SMILES string of the molecule is CCOC1CC23C(CC(=O)[C@@]2(O)CCCOCc2ccc(OC)cc2)CC(C)CC3O1. The molecule has 0 amide bonds. The molecule has 2 aliphatic carbocycles. The number of carbonyl (C=O) groups excluding carboxylic acids is 1. The van der Waals surface area contributed by atoms with E-state index in [1.54, 1.807) is 7.11 Å². The third-order valence-corrected chi connectivity index (χ3v) is 7.70. The van der Waals surface area contributed by atoms with Gasteiger partial charge < -0.3 is 24.1 Å². The van der Waals surface area contributed by atoms with Gasteiger partial charge >= 0.3 is 0 Å². The van der Waals surface area contributed by atoms with Crippen molar-refractivity contribution >= 4 is 5.78 Å². The first kappa shape index (κ1) is 22.7. The van der Waals surface area contributed by atoms with Crippen molar-refractivity contribution < 1.29 is 28.8 Å². The quantitative estimate of drug-likeness (QED) is 0.597. The van der Waals surface area contributed by atoms with Gasteiger partial charge in [0.2, 0.25) is 0 Å². The molecule has 1 spiro atoms. The van der Waals surface area contributed by atoms with Crippen LogP contribution in [-0.2, 0) is 25.6 Å². The molecule has 5 unspecified atom stereocenters. The Balaban J connectivity index is 1.39. The summed E-state index contributed by atoms with van der Waals surface area (Å²) in [5.74, 6) is 1.46. The summed E-state index contributed by atoms with van der Waals surface area (Å²) < 4.78 is 23.1. The largest absolute Gasteiger partial charge is 0.497 e. The zero-order valence-corrected chi connectivity index (χ0v) is 19.0. The number of rotatable bonds is 9. The molecule has 0 radical (unpaired) electrons. The molecule has 1 heterocycles. The van der Waals surface area contributed by atoms with E-state index in [0.29, 0.717) is 51.4 Å². The molecule has 1 aliphatic heterocycles. The molecule has 2 saturated carbocycles.